The molecule has 1 aromatic heterocycles. The van der Waals surface area contributed by atoms with Crippen molar-refractivity contribution in [3.05, 3.63) is 48.3 Å². The fourth-order valence-corrected chi connectivity index (χ4v) is 2.58. The van der Waals surface area contributed by atoms with Crippen molar-refractivity contribution in [3.63, 3.8) is 0 Å². The molecule has 1 aliphatic heterocycles. The van der Waals surface area contributed by atoms with E-state index in [-0.39, 0.29) is 12.1 Å². The van der Waals surface area contributed by atoms with Gasteiger partial charge in [-0.1, -0.05) is 30.3 Å². The van der Waals surface area contributed by atoms with Crippen LogP contribution in [0.4, 0.5) is 10.5 Å². The molecule has 116 valence electrons. The number of carbonyl (C=O) groups is 1. The van der Waals surface area contributed by atoms with Crippen molar-refractivity contribution < 1.29 is 9.53 Å². The highest BCUT2D eigenvalue weighted by Crippen LogP contribution is 2.16. The molecular formula is C16H20N4O2. The molecule has 1 fully saturated rings. The normalized spacial score (nSPS) is 17.4. The molecule has 3 rings (SSSR count). The molecule has 0 bridgehead atoms. The second-order valence-electron chi connectivity index (χ2n) is 5.42. The summed E-state index contributed by atoms with van der Waals surface area (Å²) in [5.74, 6) is 0. The number of aromatic amines is 1. The number of rotatable bonds is 5. The number of urea groups is 1. The van der Waals surface area contributed by atoms with Crippen LogP contribution in [-0.2, 0) is 11.3 Å². The van der Waals surface area contributed by atoms with Gasteiger partial charge in [-0.3, -0.25) is 5.10 Å². The predicted octanol–water partition coefficient (Wildman–Crippen LogP) is 2.62. The minimum atomic E-state index is -0.138. The number of hydrogen-bond donors (Lipinski definition) is 2. The Hall–Kier alpha value is -2.34. The second kappa shape index (κ2) is 7.09. The molecule has 0 saturated carbocycles. The third-order valence-electron chi connectivity index (χ3n) is 3.70. The summed E-state index contributed by atoms with van der Waals surface area (Å²) in [5, 5.41) is 9.38. The van der Waals surface area contributed by atoms with E-state index in [1.54, 1.807) is 17.3 Å². The highest BCUT2D eigenvalue weighted by Gasteiger charge is 2.23. The second-order valence-corrected chi connectivity index (χ2v) is 5.42. The number of ether oxygens (including phenoxy) is 1. The molecule has 0 unspecified atom stereocenters. The van der Waals surface area contributed by atoms with Crippen LogP contribution in [0.1, 0.15) is 18.4 Å². The van der Waals surface area contributed by atoms with Crippen molar-refractivity contribution in [2.24, 2.45) is 0 Å². The van der Waals surface area contributed by atoms with Gasteiger partial charge in [-0.15, -0.1) is 0 Å². The number of benzene rings is 1. The summed E-state index contributed by atoms with van der Waals surface area (Å²) < 4.78 is 5.67. The molecule has 6 nitrogen and oxygen atoms in total. The maximum atomic E-state index is 12.5. The van der Waals surface area contributed by atoms with E-state index in [2.05, 4.69) is 15.5 Å². The van der Waals surface area contributed by atoms with E-state index < -0.39 is 0 Å². The van der Waals surface area contributed by atoms with Crippen LogP contribution in [0, 0.1) is 0 Å². The van der Waals surface area contributed by atoms with Crippen LogP contribution >= 0.6 is 0 Å². The molecule has 1 aromatic carbocycles. The minimum absolute atomic E-state index is 0.124. The average molecular weight is 300 g/mol. The fraction of sp³-hybridized carbons (Fsp3) is 0.375. The van der Waals surface area contributed by atoms with Gasteiger partial charge >= 0.3 is 6.03 Å². The quantitative estimate of drug-likeness (QED) is 0.891. The Labute approximate surface area is 129 Å². The van der Waals surface area contributed by atoms with E-state index in [4.69, 9.17) is 4.74 Å². The molecular weight excluding hydrogens is 280 g/mol. The lowest BCUT2D eigenvalue weighted by Crippen LogP contribution is -2.39. The number of anilines is 1. The van der Waals surface area contributed by atoms with Gasteiger partial charge in [0.15, 0.2) is 0 Å². The van der Waals surface area contributed by atoms with Crippen LogP contribution < -0.4 is 5.32 Å². The SMILES string of the molecule is O=C(Nc1cn[nH]c1)N(Cc1ccccc1)C[C@@H]1CCCO1. The fourth-order valence-electron chi connectivity index (χ4n) is 2.58. The number of carbonyl (C=O) groups excluding carboxylic acids is 1. The van der Waals surface area contributed by atoms with E-state index in [1.807, 2.05) is 30.3 Å². The topological polar surface area (TPSA) is 70.2 Å². The molecule has 2 N–H and O–H groups in total. The maximum Gasteiger partial charge on any atom is 0.322 e. The van der Waals surface area contributed by atoms with Gasteiger partial charge < -0.3 is 15.0 Å². The van der Waals surface area contributed by atoms with Crippen molar-refractivity contribution >= 4 is 11.7 Å². The zero-order chi connectivity index (χ0) is 15.2. The van der Waals surface area contributed by atoms with Crippen molar-refractivity contribution in [2.45, 2.75) is 25.5 Å². The van der Waals surface area contributed by atoms with Crippen molar-refractivity contribution in [2.75, 3.05) is 18.5 Å². The Bertz CT molecular complexity index is 579. The summed E-state index contributed by atoms with van der Waals surface area (Å²) >= 11 is 0. The third-order valence-corrected chi connectivity index (χ3v) is 3.70. The first-order valence-electron chi connectivity index (χ1n) is 7.51. The summed E-state index contributed by atoms with van der Waals surface area (Å²) in [7, 11) is 0. The Balaban J connectivity index is 1.68. The molecule has 1 saturated heterocycles. The third kappa shape index (κ3) is 3.85. The van der Waals surface area contributed by atoms with Crippen molar-refractivity contribution in [3.8, 4) is 0 Å². The average Bonchev–Trinajstić information content (AvgIpc) is 3.21. The number of amides is 2. The summed E-state index contributed by atoms with van der Waals surface area (Å²) in [6.07, 6.45) is 5.44. The predicted molar refractivity (Wildman–Crippen MR) is 83.4 cm³/mol. The standard InChI is InChI=1S/C16H20N4O2/c21-16(19-14-9-17-18-10-14)20(12-15-7-4-8-22-15)11-13-5-2-1-3-6-13/h1-3,5-6,9-10,15H,4,7-8,11-12H2,(H,17,18)(H,19,21)/t15-/m0/s1. The van der Waals surface area contributed by atoms with Gasteiger partial charge in [0.2, 0.25) is 0 Å². The van der Waals surface area contributed by atoms with Crippen LogP contribution in [0.15, 0.2) is 42.7 Å². The Morgan fingerprint density at radius 3 is 2.95 bits per heavy atom. The Morgan fingerprint density at radius 1 is 1.41 bits per heavy atom. The minimum Gasteiger partial charge on any atom is -0.376 e. The van der Waals surface area contributed by atoms with Crippen LogP contribution in [0.3, 0.4) is 0 Å². The summed E-state index contributed by atoms with van der Waals surface area (Å²) in [6, 6.07) is 9.84. The zero-order valence-corrected chi connectivity index (χ0v) is 12.4. The first-order valence-corrected chi connectivity index (χ1v) is 7.51. The first kappa shape index (κ1) is 14.6. The lowest BCUT2D eigenvalue weighted by molar-refractivity contribution is 0.0819. The molecule has 0 spiro atoms. The van der Waals surface area contributed by atoms with E-state index in [9.17, 15) is 4.79 Å². The molecule has 2 amide bonds. The number of hydrogen-bond acceptors (Lipinski definition) is 3. The highest BCUT2D eigenvalue weighted by atomic mass is 16.5. The Morgan fingerprint density at radius 2 is 2.27 bits per heavy atom. The Kier molecular flexibility index (Phi) is 4.70. The van der Waals surface area contributed by atoms with Crippen LogP contribution in [0.25, 0.3) is 0 Å². The first-order chi connectivity index (χ1) is 10.8. The maximum absolute atomic E-state index is 12.5. The lowest BCUT2D eigenvalue weighted by atomic mass is 10.2. The van der Waals surface area contributed by atoms with E-state index in [0.29, 0.717) is 18.8 Å². The molecule has 1 atom stereocenters. The van der Waals surface area contributed by atoms with Gasteiger partial charge in [0, 0.05) is 25.9 Å². The number of nitrogens with zero attached hydrogens (tertiary/aromatic N) is 2. The zero-order valence-electron chi connectivity index (χ0n) is 12.4. The smallest absolute Gasteiger partial charge is 0.322 e. The molecule has 2 aromatic rings. The molecule has 0 radical (unpaired) electrons. The molecule has 0 aliphatic carbocycles. The summed E-state index contributed by atoms with van der Waals surface area (Å²) in [6.45, 7) is 1.94. The van der Waals surface area contributed by atoms with Gasteiger partial charge in [0.25, 0.3) is 0 Å². The monoisotopic (exact) mass is 300 g/mol. The van der Waals surface area contributed by atoms with Gasteiger partial charge in [0.1, 0.15) is 0 Å². The van der Waals surface area contributed by atoms with E-state index in [1.165, 1.54) is 0 Å². The number of aromatic nitrogens is 2. The lowest BCUT2D eigenvalue weighted by Gasteiger charge is -2.25. The van der Waals surface area contributed by atoms with Crippen LogP contribution in [0.2, 0.25) is 0 Å². The largest absolute Gasteiger partial charge is 0.376 e. The van der Waals surface area contributed by atoms with Gasteiger partial charge in [0.05, 0.1) is 18.0 Å². The highest BCUT2D eigenvalue weighted by molar-refractivity contribution is 5.89. The van der Waals surface area contributed by atoms with Gasteiger partial charge in [-0.25, -0.2) is 4.79 Å². The molecule has 2 heterocycles. The van der Waals surface area contributed by atoms with Crippen LogP contribution in [0.5, 0.6) is 0 Å². The van der Waals surface area contributed by atoms with E-state index >= 15 is 0 Å². The molecule has 1 aliphatic rings. The summed E-state index contributed by atoms with van der Waals surface area (Å²) in [4.78, 5) is 14.3. The van der Waals surface area contributed by atoms with Crippen molar-refractivity contribution in [1.29, 1.82) is 0 Å². The van der Waals surface area contributed by atoms with Crippen LogP contribution in [-0.4, -0.2) is 40.4 Å². The molecule has 6 heteroatoms. The summed E-state index contributed by atoms with van der Waals surface area (Å²) in [5.41, 5.74) is 1.76. The number of H-pyrrole nitrogens is 1. The number of nitrogens with one attached hydrogen (secondary N) is 2. The molecule has 22 heavy (non-hydrogen) atoms. The van der Waals surface area contributed by atoms with E-state index in [0.717, 1.165) is 25.0 Å². The van der Waals surface area contributed by atoms with Gasteiger partial charge in [-0.05, 0) is 18.4 Å². The van der Waals surface area contributed by atoms with Gasteiger partial charge in [-0.2, -0.15) is 5.10 Å². The van der Waals surface area contributed by atoms with Crippen molar-refractivity contribution in [1.82, 2.24) is 15.1 Å².